The van der Waals surface area contributed by atoms with Gasteiger partial charge in [0.1, 0.15) is 0 Å². The molecule has 60 valence electrons. The molecule has 0 heterocycles. The molecule has 0 saturated heterocycles. The zero-order valence-electron chi connectivity index (χ0n) is 5.86. The van der Waals surface area contributed by atoms with E-state index in [0.717, 1.165) is 5.56 Å². The average molecular weight is 171 g/mol. The molecule has 0 aliphatic heterocycles. The van der Waals surface area contributed by atoms with Crippen LogP contribution in [-0.4, -0.2) is 8.76 Å². The van der Waals surface area contributed by atoms with Crippen LogP contribution in [0.25, 0.3) is 0 Å². The van der Waals surface area contributed by atoms with Crippen LogP contribution in [0.1, 0.15) is 5.56 Å². The van der Waals surface area contributed by atoms with Crippen LogP contribution in [0.3, 0.4) is 0 Å². The quantitative estimate of drug-likeness (QED) is 0.645. The Morgan fingerprint density at radius 1 is 1.55 bits per heavy atom. The summed E-state index contributed by atoms with van der Waals surface area (Å²) < 4.78 is 19.2. The SMILES string of the molecule is NCc1cccc(S(=O)O)c1. The Balaban J connectivity index is 3.01. The van der Waals surface area contributed by atoms with Gasteiger partial charge in [0.05, 0.1) is 4.90 Å². The van der Waals surface area contributed by atoms with Crippen LogP contribution in [0.15, 0.2) is 29.2 Å². The lowest BCUT2D eigenvalue weighted by Crippen LogP contribution is -1.97. The van der Waals surface area contributed by atoms with E-state index in [9.17, 15) is 4.21 Å². The number of benzene rings is 1. The summed E-state index contributed by atoms with van der Waals surface area (Å²) in [5.74, 6) is 0. The Kier molecular flexibility index (Phi) is 2.76. The molecule has 1 rings (SSSR count). The first-order valence-corrected chi connectivity index (χ1v) is 4.24. The number of hydrogen-bond donors (Lipinski definition) is 2. The molecule has 3 nitrogen and oxygen atoms in total. The third kappa shape index (κ3) is 2.11. The molecule has 11 heavy (non-hydrogen) atoms. The normalized spacial score (nSPS) is 12.9. The molecule has 0 amide bonds. The summed E-state index contributed by atoms with van der Waals surface area (Å²) in [4.78, 5) is 0.396. The summed E-state index contributed by atoms with van der Waals surface area (Å²) in [7, 11) is 0. The van der Waals surface area contributed by atoms with Crippen molar-refractivity contribution in [1.82, 2.24) is 0 Å². The van der Waals surface area contributed by atoms with E-state index in [0.29, 0.717) is 11.4 Å². The highest BCUT2D eigenvalue weighted by Gasteiger charge is 1.98. The molecule has 1 aromatic carbocycles. The molecule has 0 aliphatic carbocycles. The Bertz CT molecular complexity index is 275. The maximum absolute atomic E-state index is 10.5. The van der Waals surface area contributed by atoms with Gasteiger partial charge >= 0.3 is 0 Å². The monoisotopic (exact) mass is 171 g/mol. The van der Waals surface area contributed by atoms with Gasteiger partial charge in [-0.2, -0.15) is 0 Å². The maximum atomic E-state index is 10.5. The van der Waals surface area contributed by atoms with Gasteiger partial charge in [0.15, 0.2) is 11.1 Å². The highest BCUT2D eigenvalue weighted by Crippen LogP contribution is 2.07. The Morgan fingerprint density at radius 2 is 2.27 bits per heavy atom. The van der Waals surface area contributed by atoms with E-state index in [1.54, 1.807) is 18.2 Å². The first-order chi connectivity index (χ1) is 5.24. The second kappa shape index (κ2) is 3.61. The third-order valence-corrected chi connectivity index (χ3v) is 1.99. The molecule has 4 heteroatoms. The van der Waals surface area contributed by atoms with Gasteiger partial charge in [0.25, 0.3) is 0 Å². The van der Waals surface area contributed by atoms with Crippen molar-refractivity contribution in [1.29, 1.82) is 0 Å². The lowest BCUT2D eigenvalue weighted by molar-refractivity contribution is 0.564. The van der Waals surface area contributed by atoms with Crippen molar-refractivity contribution < 1.29 is 8.76 Å². The van der Waals surface area contributed by atoms with Gasteiger partial charge in [-0.05, 0) is 17.7 Å². The van der Waals surface area contributed by atoms with Crippen LogP contribution in [0.4, 0.5) is 0 Å². The van der Waals surface area contributed by atoms with Crippen LogP contribution >= 0.6 is 0 Å². The van der Waals surface area contributed by atoms with E-state index in [2.05, 4.69) is 0 Å². The second-order valence-corrected chi connectivity index (χ2v) is 3.07. The average Bonchev–Trinajstić information content (AvgIpc) is 2.05. The lowest BCUT2D eigenvalue weighted by Gasteiger charge is -1.97. The molecule has 1 aromatic rings. The first-order valence-electron chi connectivity index (χ1n) is 3.14. The number of hydrogen-bond acceptors (Lipinski definition) is 2. The molecule has 0 saturated carbocycles. The van der Waals surface area contributed by atoms with Crippen molar-refractivity contribution in [3.05, 3.63) is 29.8 Å². The van der Waals surface area contributed by atoms with Crippen LogP contribution < -0.4 is 5.73 Å². The molecule has 0 aromatic heterocycles. The van der Waals surface area contributed by atoms with Gasteiger partial charge in [-0.3, -0.25) is 0 Å². The van der Waals surface area contributed by atoms with Crippen molar-refractivity contribution >= 4 is 11.1 Å². The van der Waals surface area contributed by atoms with Gasteiger partial charge in [-0.15, -0.1) is 0 Å². The fourth-order valence-corrected chi connectivity index (χ4v) is 1.23. The van der Waals surface area contributed by atoms with Crippen molar-refractivity contribution in [2.24, 2.45) is 5.73 Å². The molecule has 1 unspecified atom stereocenters. The van der Waals surface area contributed by atoms with E-state index >= 15 is 0 Å². The molecule has 0 aliphatic rings. The molecule has 1 atom stereocenters. The zero-order chi connectivity index (χ0) is 8.27. The van der Waals surface area contributed by atoms with Crippen LogP contribution in [0.2, 0.25) is 0 Å². The van der Waals surface area contributed by atoms with Crippen LogP contribution in [-0.2, 0) is 17.6 Å². The number of nitrogens with two attached hydrogens (primary N) is 1. The molecule has 0 fully saturated rings. The summed E-state index contributed by atoms with van der Waals surface area (Å²) in [5.41, 5.74) is 6.20. The Labute approximate surface area is 67.5 Å². The van der Waals surface area contributed by atoms with Crippen molar-refractivity contribution in [3.8, 4) is 0 Å². The maximum Gasteiger partial charge on any atom is 0.186 e. The Hall–Kier alpha value is -0.710. The summed E-state index contributed by atoms with van der Waals surface area (Å²) >= 11 is -1.90. The fourth-order valence-electron chi connectivity index (χ4n) is 0.781. The Morgan fingerprint density at radius 3 is 2.82 bits per heavy atom. The van der Waals surface area contributed by atoms with Gasteiger partial charge in [-0.25, -0.2) is 4.21 Å². The van der Waals surface area contributed by atoms with E-state index in [1.165, 1.54) is 0 Å². The van der Waals surface area contributed by atoms with Gasteiger partial charge in [-0.1, -0.05) is 12.1 Å². The van der Waals surface area contributed by atoms with Gasteiger partial charge in [0, 0.05) is 6.54 Å². The zero-order valence-corrected chi connectivity index (χ0v) is 6.67. The van der Waals surface area contributed by atoms with Crippen LogP contribution in [0, 0.1) is 0 Å². The summed E-state index contributed by atoms with van der Waals surface area (Å²) in [6, 6.07) is 6.74. The second-order valence-electron chi connectivity index (χ2n) is 2.10. The minimum Gasteiger partial charge on any atom is -0.326 e. The van der Waals surface area contributed by atoms with E-state index < -0.39 is 11.1 Å². The highest BCUT2D eigenvalue weighted by molar-refractivity contribution is 7.79. The van der Waals surface area contributed by atoms with E-state index in [4.69, 9.17) is 10.3 Å². The summed E-state index contributed by atoms with van der Waals surface area (Å²) in [5, 5.41) is 0. The molecular formula is C7H9NO2S. The lowest BCUT2D eigenvalue weighted by atomic mass is 10.2. The third-order valence-electron chi connectivity index (χ3n) is 1.34. The van der Waals surface area contributed by atoms with E-state index in [-0.39, 0.29) is 0 Å². The topological polar surface area (TPSA) is 63.3 Å². The standard InChI is InChI=1S/C7H9NO2S/c8-5-6-2-1-3-7(4-6)11(9)10/h1-4H,5,8H2,(H,9,10). The molecule has 3 N–H and O–H groups in total. The molecular weight excluding hydrogens is 162 g/mol. The summed E-state index contributed by atoms with van der Waals surface area (Å²) in [6.45, 7) is 0.394. The largest absolute Gasteiger partial charge is 0.326 e. The smallest absolute Gasteiger partial charge is 0.186 e. The first kappa shape index (κ1) is 8.39. The predicted octanol–water partition coefficient (Wildman–Crippen LogP) is 0.726. The minimum atomic E-state index is -1.90. The van der Waals surface area contributed by atoms with E-state index in [1.807, 2.05) is 6.07 Å². The van der Waals surface area contributed by atoms with Crippen molar-refractivity contribution in [2.45, 2.75) is 11.4 Å². The predicted molar refractivity (Wildman–Crippen MR) is 43.4 cm³/mol. The highest BCUT2D eigenvalue weighted by atomic mass is 32.2. The van der Waals surface area contributed by atoms with Crippen LogP contribution in [0.5, 0.6) is 0 Å². The minimum absolute atomic E-state index is 0.394. The molecule has 0 spiro atoms. The van der Waals surface area contributed by atoms with Gasteiger partial charge < -0.3 is 10.3 Å². The summed E-state index contributed by atoms with van der Waals surface area (Å²) in [6.07, 6.45) is 0. The fraction of sp³-hybridized carbons (Fsp3) is 0.143. The number of rotatable bonds is 2. The van der Waals surface area contributed by atoms with Crippen molar-refractivity contribution in [3.63, 3.8) is 0 Å². The molecule has 0 radical (unpaired) electrons. The van der Waals surface area contributed by atoms with Gasteiger partial charge in [0.2, 0.25) is 0 Å². The molecule has 0 bridgehead atoms. The van der Waals surface area contributed by atoms with Crippen molar-refractivity contribution in [2.75, 3.05) is 0 Å².